The number of nitrogens with zero attached hydrogens (tertiary/aromatic N) is 5. The zero-order valence-electron chi connectivity index (χ0n) is 21.4. The third kappa shape index (κ3) is 4.27. The molecular formula is C28H30N6O3. The Labute approximate surface area is 215 Å². The number of aromatic nitrogens is 3. The van der Waals surface area contributed by atoms with Crippen molar-refractivity contribution < 1.29 is 9.90 Å². The van der Waals surface area contributed by atoms with Gasteiger partial charge in [0.1, 0.15) is 11.5 Å². The SMILES string of the molecule is CN(C)c1ccc2c(c1)CCN(c1cccc(-c3cc(N(C)c4ccn[nH]4)c(=O)n(C)c3)c1CO)C2=O. The number of hydrogen-bond donors (Lipinski definition) is 2. The van der Waals surface area contributed by atoms with Gasteiger partial charge in [-0.05, 0) is 47.9 Å². The number of aryl methyl sites for hydroxylation is 1. The van der Waals surface area contributed by atoms with Crippen LogP contribution in [0.5, 0.6) is 0 Å². The summed E-state index contributed by atoms with van der Waals surface area (Å²) < 4.78 is 1.52. The van der Waals surface area contributed by atoms with Crippen molar-refractivity contribution in [2.75, 3.05) is 42.4 Å². The molecule has 1 aliphatic heterocycles. The maximum absolute atomic E-state index is 13.6. The molecule has 2 aromatic carbocycles. The Balaban J connectivity index is 1.57. The monoisotopic (exact) mass is 498 g/mol. The number of anilines is 4. The first-order chi connectivity index (χ1) is 17.8. The van der Waals surface area contributed by atoms with Crippen molar-refractivity contribution in [1.82, 2.24) is 14.8 Å². The van der Waals surface area contributed by atoms with Crippen LogP contribution in [0.25, 0.3) is 11.1 Å². The number of pyridine rings is 1. The minimum Gasteiger partial charge on any atom is -0.392 e. The molecule has 0 spiro atoms. The lowest BCUT2D eigenvalue weighted by atomic mass is 9.94. The summed E-state index contributed by atoms with van der Waals surface area (Å²) in [6.45, 7) is 0.260. The van der Waals surface area contributed by atoms with Crippen LogP contribution < -0.4 is 20.3 Å². The molecule has 2 aromatic heterocycles. The third-order valence-corrected chi connectivity index (χ3v) is 6.97. The molecule has 0 fully saturated rings. The van der Waals surface area contributed by atoms with Crippen LogP contribution in [0.15, 0.2) is 65.7 Å². The fraction of sp³-hybridized carbons (Fsp3) is 0.250. The summed E-state index contributed by atoms with van der Waals surface area (Å²) in [7, 11) is 7.46. The summed E-state index contributed by atoms with van der Waals surface area (Å²) in [5, 5.41) is 17.3. The first-order valence-corrected chi connectivity index (χ1v) is 12.1. The van der Waals surface area contributed by atoms with Crippen LogP contribution in [0, 0.1) is 0 Å². The Hall–Kier alpha value is -4.37. The molecule has 5 rings (SSSR count). The summed E-state index contributed by atoms with van der Waals surface area (Å²) in [5.74, 6) is 0.596. The van der Waals surface area contributed by atoms with Gasteiger partial charge in [-0.25, -0.2) is 0 Å². The molecule has 0 atom stereocenters. The lowest BCUT2D eigenvalue weighted by molar-refractivity contribution is 0.0980. The van der Waals surface area contributed by atoms with Crippen LogP contribution in [-0.2, 0) is 20.1 Å². The van der Waals surface area contributed by atoms with Crippen molar-refractivity contribution in [2.24, 2.45) is 7.05 Å². The highest BCUT2D eigenvalue weighted by atomic mass is 16.3. The molecule has 1 aliphatic rings. The van der Waals surface area contributed by atoms with Crippen molar-refractivity contribution in [2.45, 2.75) is 13.0 Å². The second kappa shape index (κ2) is 9.59. The lowest BCUT2D eigenvalue weighted by Crippen LogP contribution is -2.38. The lowest BCUT2D eigenvalue weighted by Gasteiger charge is -2.31. The van der Waals surface area contributed by atoms with Crippen LogP contribution in [0.4, 0.5) is 22.9 Å². The molecule has 0 aliphatic carbocycles. The number of aliphatic hydroxyl groups is 1. The van der Waals surface area contributed by atoms with Crippen LogP contribution in [0.1, 0.15) is 21.5 Å². The van der Waals surface area contributed by atoms with E-state index in [2.05, 4.69) is 16.3 Å². The number of benzene rings is 2. The Morgan fingerprint density at radius 1 is 1.05 bits per heavy atom. The second-order valence-electron chi connectivity index (χ2n) is 9.44. The van der Waals surface area contributed by atoms with Gasteiger partial charge in [0.15, 0.2) is 0 Å². The molecule has 3 heterocycles. The van der Waals surface area contributed by atoms with Gasteiger partial charge < -0.3 is 24.4 Å². The van der Waals surface area contributed by atoms with Gasteiger partial charge in [-0.3, -0.25) is 14.7 Å². The van der Waals surface area contributed by atoms with Gasteiger partial charge in [-0.15, -0.1) is 0 Å². The highest BCUT2D eigenvalue weighted by Gasteiger charge is 2.28. The largest absolute Gasteiger partial charge is 0.392 e. The number of aromatic amines is 1. The molecule has 4 aromatic rings. The fourth-order valence-electron chi connectivity index (χ4n) is 4.89. The van der Waals surface area contributed by atoms with Crippen molar-refractivity contribution >= 4 is 28.8 Å². The number of carbonyl (C=O) groups is 1. The van der Waals surface area contributed by atoms with Gasteiger partial charge in [0.2, 0.25) is 0 Å². The van der Waals surface area contributed by atoms with E-state index in [-0.39, 0.29) is 18.1 Å². The van der Waals surface area contributed by atoms with Gasteiger partial charge in [-0.1, -0.05) is 12.1 Å². The molecular weight excluding hydrogens is 468 g/mol. The zero-order chi connectivity index (χ0) is 26.3. The number of carbonyl (C=O) groups excluding carboxylic acids is 1. The van der Waals surface area contributed by atoms with Crippen molar-refractivity contribution in [3.05, 3.63) is 88.0 Å². The molecule has 0 bridgehead atoms. The highest BCUT2D eigenvalue weighted by molar-refractivity contribution is 6.09. The average Bonchev–Trinajstić information content (AvgIpc) is 3.44. The first-order valence-electron chi connectivity index (χ1n) is 12.1. The summed E-state index contributed by atoms with van der Waals surface area (Å²) in [4.78, 5) is 32.0. The molecule has 0 saturated carbocycles. The second-order valence-corrected chi connectivity index (χ2v) is 9.44. The van der Waals surface area contributed by atoms with E-state index in [1.807, 2.05) is 49.3 Å². The first kappa shape index (κ1) is 24.3. The smallest absolute Gasteiger partial charge is 0.274 e. The molecule has 37 heavy (non-hydrogen) atoms. The number of rotatable bonds is 6. The van der Waals surface area contributed by atoms with E-state index in [4.69, 9.17) is 0 Å². The summed E-state index contributed by atoms with van der Waals surface area (Å²) in [6, 6.07) is 15.1. The van der Waals surface area contributed by atoms with Crippen LogP contribution in [-0.4, -0.2) is 53.5 Å². The molecule has 9 heteroatoms. The Morgan fingerprint density at radius 2 is 1.86 bits per heavy atom. The fourth-order valence-corrected chi connectivity index (χ4v) is 4.89. The highest BCUT2D eigenvalue weighted by Crippen LogP contribution is 2.35. The van der Waals surface area contributed by atoms with E-state index in [0.717, 1.165) is 28.8 Å². The Morgan fingerprint density at radius 3 is 2.57 bits per heavy atom. The minimum atomic E-state index is -0.254. The average molecular weight is 499 g/mol. The maximum Gasteiger partial charge on any atom is 0.274 e. The van der Waals surface area contributed by atoms with Crippen LogP contribution >= 0.6 is 0 Å². The van der Waals surface area contributed by atoms with E-state index in [9.17, 15) is 14.7 Å². The number of nitrogens with one attached hydrogen (secondary N) is 1. The van der Waals surface area contributed by atoms with Gasteiger partial charge in [0.05, 0.1) is 18.5 Å². The van der Waals surface area contributed by atoms with Gasteiger partial charge >= 0.3 is 0 Å². The number of amides is 1. The zero-order valence-corrected chi connectivity index (χ0v) is 21.4. The number of aliphatic hydroxyl groups excluding tert-OH is 1. The standard InChI is InChI=1S/C28H30N6O3/c1-31(2)20-8-9-22-18(14-20)11-13-34(27(22)36)24-7-5-6-21(23(24)17-35)19-15-25(28(37)32(3)16-19)33(4)26-10-12-29-30-26/h5-10,12,14-16,35H,11,13,17H2,1-4H3,(H,29,30). The normalized spacial score (nSPS) is 13.0. The van der Waals surface area contributed by atoms with E-state index in [1.54, 1.807) is 48.4 Å². The molecule has 2 N–H and O–H groups in total. The molecule has 0 saturated heterocycles. The topological polar surface area (TPSA) is 97.7 Å². The van der Waals surface area contributed by atoms with Crippen LogP contribution in [0.3, 0.4) is 0 Å². The quantitative estimate of drug-likeness (QED) is 0.423. The molecule has 9 nitrogen and oxygen atoms in total. The Kier molecular flexibility index (Phi) is 6.31. The van der Waals surface area contributed by atoms with Gasteiger partial charge in [0, 0.05) is 69.4 Å². The Bertz CT molecular complexity index is 1520. The van der Waals surface area contributed by atoms with Crippen LogP contribution in [0.2, 0.25) is 0 Å². The molecule has 190 valence electrons. The predicted molar refractivity (Wildman–Crippen MR) is 146 cm³/mol. The molecule has 0 radical (unpaired) electrons. The molecule has 1 amide bonds. The van der Waals surface area contributed by atoms with Crippen molar-refractivity contribution in [1.29, 1.82) is 0 Å². The third-order valence-electron chi connectivity index (χ3n) is 6.97. The van der Waals surface area contributed by atoms with Gasteiger partial charge in [0.25, 0.3) is 11.5 Å². The number of fused-ring (bicyclic) bond motifs is 1. The predicted octanol–water partition coefficient (Wildman–Crippen LogP) is 3.30. The summed E-state index contributed by atoms with van der Waals surface area (Å²) in [6.07, 6.45) is 4.10. The maximum atomic E-state index is 13.6. The number of H-pyrrole nitrogens is 1. The molecule has 0 unspecified atom stereocenters. The van der Waals surface area contributed by atoms with E-state index < -0.39 is 0 Å². The summed E-state index contributed by atoms with van der Waals surface area (Å²) >= 11 is 0. The van der Waals surface area contributed by atoms with E-state index >= 15 is 0 Å². The van der Waals surface area contributed by atoms with Gasteiger partial charge in [-0.2, -0.15) is 5.10 Å². The number of hydrogen-bond acceptors (Lipinski definition) is 6. The van der Waals surface area contributed by atoms with E-state index in [0.29, 0.717) is 34.9 Å². The summed E-state index contributed by atoms with van der Waals surface area (Å²) in [5.41, 5.74) is 5.88. The van der Waals surface area contributed by atoms with Crippen molar-refractivity contribution in [3.8, 4) is 11.1 Å². The van der Waals surface area contributed by atoms with Crippen molar-refractivity contribution in [3.63, 3.8) is 0 Å². The van der Waals surface area contributed by atoms with E-state index in [1.165, 1.54) is 4.57 Å². The minimum absolute atomic E-state index is 0.0847.